The van der Waals surface area contributed by atoms with Gasteiger partial charge in [-0.2, -0.15) is 18.3 Å². The highest BCUT2D eigenvalue weighted by molar-refractivity contribution is 6.01. The molecule has 1 heterocycles. The minimum atomic E-state index is -4.92. The van der Waals surface area contributed by atoms with Crippen molar-refractivity contribution < 1.29 is 22.7 Å². The van der Waals surface area contributed by atoms with E-state index < -0.39 is 17.7 Å². The third-order valence-electron chi connectivity index (χ3n) is 1.60. The Morgan fingerprint density at radius 2 is 2.14 bits per heavy atom. The lowest BCUT2D eigenvalue weighted by Crippen LogP contribution is -2.25. The number of halogens is 3. The van der Waals surface area contributed by atoms with Crippen LogP contribution in [0.5, 0.6) is 5.75 Å². The topological polar surface area (TPSA) is 44.1 Å². The number of alkyl halides is 3. The Morgan fingerprint density at radius 3 is 2.57 bits per heavy atom. The van der Waals surface area contributed by atoms with Crippen LogP contribution in [-0.2, 0) is 7.05 Å². The third-order valence-corrected chi connectivity index (χ3v) is 1.60. The van der Waals surface area contributed by atoms with Gasteiger partial charge in [0.25, 0.3) is 5.78 Å². The molecule has 0 amide bonds. The summed E-state index contributed by atoms with van der Waals surface area (Å²) >= 11 is 0. The predicted octanol–water partition coefficient (Wildman–Crippen LogP) is 1.17. The monoisotopic (exact) mass is 208 g/mol. The molecule has 0 radical (unpaired) electrons. The molecule has 1 rings (SSSR count). The van der Waals surface area contributed by atoms with Gasteiger partial charge in [0.2, 0.25) is 0 Å². The van der Waals surface area contributed by atoms with Gasteiger partial charge < -0.3 is 4.74 Å². The summed E-state index contributed by atoms with van der Waals surface area (Å²) in [6.07, 6.45) is -3.86. The Kier molecular flexibility index (Phi) is 2.50. The average molecular weight is 208 g/mol. The Bertz CT molecular complexity index is 356. The predicted molar refractivity (Wildman–Crippen MR) is 40.1 cm³/mol. The molecule has 0 bridgehead atoms. The van der Waals surface area contributed by atoms with Crippen LogP contribution in [-0.4, -0.2) is 28.8 Å². The maximum atomic E-state index is 12.1. The molecule has 4 nitrogen and oxygen atoms in total. The van der Waals surface area contributed by atoms with Crippen LogP contribution in [0, 0.1) is 0 Å². The van der Waals surface area contributed by atoms with Crippen LogP contribution < -0.4 is 4.74 Å². The summed E-state index contributed by atoms with van der Waals surface area (Å²) in [6.45, 7) is 0. The van der Waals surface area contributed by atoms with E-state index in [1.807, 2.05) is 0 Å². The minimum absolute atomic E-state index is 0.185. The van der Waals surface area contributed by atoms with Crippen molar-refractivity contribution in [2.75, 3.05) is 7.11 Å². The van der Waals surface area contributed by atoms with Gasteiger partial charge in [-0.3, -0.25) is 9.48 Å². The molecule has 0 aliphatic rings. The van der Waals surface area contributed by atoms with Crippen LogP contribution in [0.2, 0.25) is 0 Å². The number of carbonyl (C=O) groups excluding carboxylic acids is 1. The highest BCUT2D eigenvalue weighted by Gasteiger charge is 2.42. The quantitative estimate of drug-likeness (QED) is 0.685. The SMILES string of the molecule is COc1cnn(C)c1C(=O)C(F)(F)F. The fourth-order valence-corrected chi connectivity index (χ4v) is 0.960. The zero-order chi connectivity index (χ0) is 10.9. The van der Waals surface area contributed by atoms with Crippen molar-refractivity contribution >= 4 is 5.78 Å². The highest BCUT2D eigenvalue weighted by Crippen LogP contribution is 2.26. The number of rotatable bonds is 2. The highest BCUT2D eigenvalue weighted by atomic mass is 19.4. The first-order chi connectivity index (χ1) is 6.38. The number of aromatic nitrogens is 2. The van der Waals surface area contributed by atoms with Crippen molar-refractivity contribution in [3.8, 4) is 5.75 Å². The second-order valence-electron chi connectivity index (χ2n) is 2.51. The summed E-state index contributed by atoms with van der Waals surface area (Å²) in [5.74, 6) is -2.15. The summed E-state index contributed by atoms with van der Waals surface area (Å²) in [5, 5.41) is 3.49. The van der Waals surface area contributed by atoms with Crippen LogP contribution in [0.1, 0.15) is 10.5 Å². The lowest BCUT2D eigenvalue weighted by molar-refractivity contribution is -0.0892. The van der Waals surface area contributed by atoms with Gasteiger partial charge >= 0.3 is 6.18 Å². The Labute approximate surface area is 77.3 Å². The van der Waals surface area contributed by atoms with E-state index in [9.17, 15) is 18.0 Å². The fraction of sp³-hybridized carbons (Fsp3) is 0.429. The molecule has 1 aromatic heterocycles. The lowest BCUT2D eigenvalue weighted by Gasteiger charge is -2.06. The van der Waals surface area contributed by atoms with Gasteiger partial charge in [-0.25, -0.2) is 0 Å². The first-order valence-electron chi connectivity index (χ1n) is 3.55. The van der Waals surface area contributed by atoms with E-state index in [1.165, 1.54) is 14.2 Å². The molecule has 0 spiro atoms. The van der Waals surface area contributed by atoms with Gasteiger partial charge in [0.15, 0.2) is 11.4 Å². The molecular formula is C7H7F3N2O2. The van der Waals surface area contributed by atoms with Gasteiger partial charge in [-0.1, -0.05) is 0 Å². The Hall–Kier alpha value is -1.53. The van der Waals surface area contributed by atoms with Gasteiger partial charge in [-0.15, -0.1) is 0 Å². The van der Waals surface area contributed by atoms with E-state index in [4.69, 9.17) is 0 Å². The van der Waals surface area contributed by atoms with Gasteiger partial charge in [0.1, 0.15) is 0 Å². The Balaban J connectivity index is 3.18. The summed E-state index contributed by atoms with van der Waals surface area (Å²) in [4.78, 5) is 10.9. The summed E-state index contributed by atoms with van der Waals surface area (Å²) in [6, 6.07) is 0. The van der Waals surface area contributed by atoms with Crippen molar-refractivity contribution in [3.63, 3.8) is 0 Å². The number of methoxy groups -OCH3 is 1. The van der Waals surface area contributed by atoms with Crippen LogP contribution >= 0.6 is 0 Å². The van der Waals surface area contributed by atoms with Crippen LogP contribution in [0.4, 0.5) is 13.2 Å². The molecule has 0 unspecified atom stereocenters. The van der Waals surface area contributed by atoms with Gasteiger partial charge in [-0.05, 0) is 0 Å². The lowest BCUT2D eigenvalue weighted by atomic mass is 10.2. The second-order valence-corrected chi connectivity index (χ2v) is 2.51. The van der Waals surface area contributed by atoms with E-state index >= 15 is 0 Å². The van der Waals surface area contributed by atoms with Crippen LogP contribution in [0.3, 0.4) is 0 Å². The number of aryl methyl sites for hydroxylation is 1. The first-order valence-corrected chi connectivity index (χ1v) is 3.55. The number of hydrogen-bond acceptors (Lipinski definition) is 3. The number of ketones is 1. The van der Waals surface area contributed by atoms with Crippen molar-refractivity contribution in [2.45, 2.75) is 6.18 Å². The fourth-order valence-electron chi connectivity index (χ4n) is 0.960. The third kappa shape index (κ3) is 1.70. The molecule has 7 heteroatoms. The standard InChI is InChI=1S/C7H7F3N2O2/c1-12-5(4(14-2)3-11-12)6(13)7(8,9)10/h3H,1-2H3. The molecule has 0 saturated heterocycles. The molecule has 0 N–H and O–H groups in total. The van der Waals surface area contributed by atoms with E-state index in [1.54, 1.807) is 0 Å². The van der Waals surface area contributed by atoms with Gasteiger partial charge in [0.05, 0.1) is 13.3 Å². The molecule has 14 heavy (non-hydrogen) atoms. The van der Waals surface area contributed by atoms with Crippen LogP contribution in [0.15, 0.2) is 6.20 Å². The van der Waals surface area contributed by atoms with Crippen LogP contribution in [0.25, 0.3) is 0 Å². The largest absolute Gasteiger partial charge is 0.493 e. The summed E-state index contributed by atoms with van der Waals surface area (Å²) < 4.78 is 41.6. The molecule has 0 aromatic carbocycles. The number of ether oxygens (including phenoxy) is 1. The average Bonchev–Trinajstić information content (AvgIpc) is 2.43. The number of hydrogen-bond donors (Lipinski definition) is 0. The van der Waals surface area contributed by atoms with E-state index in [0.717, 1.165) is 10.9 Å². The molecule has 1 aromatic rings. The maximum absolute atomic E-state index is 12.1. The minimum Gasteiger partial charge on any atom is -0.493 e. The number of Topliss-reactive ketones (excluding diaryl/α,β-unsaturated/α-hetero) is 1. The maximum Gasteiger partial charge on any atom is 0.456 e. The number of carbonyl (C=O) groups is 1. The molecule has 78 valence electrons. The summed E-state index contributed by atoms with van der Waals surface area (Å²) in [7, 11) is 2.41. The molecule has 0 saturated carbocycles. The molecule has 0 aliphatic carbocycles. The van der Waals surface area contributed by atoms with Crippen molar-refractivity contribution in [2.24, 2.45) is 7.05 Å². The van der Waals surface area contributed by atoms with Crippen molar-refractivity contribution in [1.29, 1.82) is 0 Å². The number of nitrogens with zero attached hydrogens (tertiary/aromatic N) is 2. The van der Waals surface area contributed by atoms with Crippen molar-refractivity contribution in [1.82, 2.24) is 9.78 Å². The first kappa shape index (κ1) is 10.6. The molecule has 0 atom stereocenters. The summed E-state index contributed by atoms with van der Waals surface area (Å²) in [5.41, 5.74) is -0.597. The zero-order valence-electron chi connectivity index (χ0n) is 7.42. The molecule has 0 fully saturated rings. The smallest absolute Gasteiger partial charge is 0.456 e. The molecule has 0 aliphatic heterocycles. The normalized spacial score (nSPS) is 11.5. The zero-order valence-corrected chi connectivity index (χ0v) is 7.42. The second kappa shape index (κ2) is 3.32. The van der Waals surface area contributed by atoms with E-state index in [0.29, 0.717) is 0 Å². The Morgan fingerprint density at radius 1 is 1.57 bits per heavy atom. The van der Waals surface area contributed by atoms with E-state index in [2.05, 4.69) is 9.84 Å². The van der Waals surface area contributed by atoms with E-state index in [-0.39, 0.29) is 5.75 Å². The van der Waals surface area contributed by atoms with Crippen molar-refractivity contribution in [3.05, 3.63) is 11.9 Å². The van der Waals surface area contributed by atoms with Gasteiger partial charge in [0, 0.05) is 7.05 Å². The molecular weight excluding hydrogens is 201 g/mol.